The molecule has 31 heavy (non-hydrogen) atoms. The summed E-state index contributed by atoms with van der Waals surface area (Å²) >= 11 is 0. The van der Waals surface area contributed by atoms with Crippen molar-refractivity contribution in [1.82, 2.24) is 20.1 Å². The van der Waals surface area contributed by atoms with Gasteiger partial charge in [0.25, 0.3) is 0 Å². The van der Waals surface area contributed by atoms with Gasteiger partial charge in [-0.3, -0.25) is 4.79 Å². The Kier molecular flexibility index (Phi) is 5.93. The minimum atomic E-state index is -0.371. The average molecular weight is 418 g/mol. The zero-order valence-corrected chi connectivity index (χ0v) is 17.4. The number of aromatic nitrogens is 3. The average Bonchev–Trinajstić information content (AvgIpc) is 3.36. The van der Waals surface area contributed by atoms with Crippen molar-refractivity contribution in [2.75, 3.05) is 0 Å². The highest BCUT2D eigenvalue weighted by molar-refractivity contribution is 5.76. The van der Waals surface area contributed by atoms with Crippen LogP contribution in [0, 0.1) is 19.7 Å². The van der Waals surface area contributed by atoms with E-state index in [-0.39, 0.29) is 18.1 Å². The maximum atomic E-state index is 13.9. The minimum absolute atomic E-state index is 0.114. The molecule has 2 aromatic carbocycles. The number of carbonyl (C=O) groups excluding carboxylic acids is 1. The maximum absolute atomic E-state index is 13.9. The molecule has 6 nitrogen and oxygen atoms in total. The van der Waals surface area contributed by atoms with E-state index in [1.54, 1.807) is 18.2 Å². The van der Waals surface area contributed by atoms with Crippen molar-refractivity contribution < 1.29 is 13.6 Å². The Labute approximate surface area is 179 Å². The topological polar surface area (TPSA) is 73.0 Å². The molecule has 0 saturated heterocycles. The number of nitrogens with one attached hydrogen (secondary N) is 1. The first-order valence-corrected chi connectivity index (χ1v) is 10.1. The second-order valence-electron chi connectivity index (χ2n) is 7.27. The summed E-state index contributed by atoms with van der Waals surface area (Å²) in [6.45, 7) is 4.33. The Morgan fingerprint density at radius 1 is 1.10 bits per heavy atom. The van der Waals surface area contributed by atoms with Crippen LogP contribution in [0.5, 0.6) is 0 Å². The molecular formula is C24H23FN4O2. The molecule has 0 aliphatic carbocycles. The van der Waals surface area contributed by atoms with Crippen LogP contribution >= 0.6 is 0 Å². The first-order valence-electron chi connectivity index (χ1n) is 10.1. The van der Waals surface area contributed by atoms with Gasteiger partial charge < -0.3 is 9.73 Å². The van der Waals surface area contributed by atoms with E-state index in [0.29, 0.717) is 30.2 Å². The molecule has 0 saturated carbocycles. The molecule has 2 heterocycles. The lowest BCUT2D eigenvalue weighted by Crippen LogP contribution is -2.23. The largest absolute Gasteiger partial charge is 0.441 e. The second-order valence-corrected chi connectivity index (χ2v) is 7.27. The van der Waals surface area contributed by atoms with Gasteiger partial charge in [0.15, 0.2) is 11.7 Å². The SMILES string of the molecule is Cc1nn(-c2ccccc2)c(C)c1CNC(=O)CCc1ncc(-c2ccccc2F)o1. The molecule has 0 fully saturated rings. The molecule has 2 aromatic heterocycles. The van der Waals surface area contributed by atoms with Crippen molar-refractivity contribution in [3.8, 4) is 17.0 Å². The summed E-state index contributed by atoms with van der Waals surface area (Å²) in [5.74, 6) is 0.271. The molecule has 0 spiro atoms. The molecule has 7 heteroatoms. The fourth-order valence-corrected chi connectivity index (χ4v) is 3.46. The number of amides is 1. The summed E-state index contributed by atoms with van der Waals surface area (Å²) in [6.07, 6.45) is 2.04. The van der Waals surface area contributed by atoms with Gasteiger partial charge in [-0.2, -0.15) is 5.10 Å². The van der Waals surface area contributed by atoms with Gasteiger partial charge in [-0.1, -0.05) is 30.3 Å². The maximum Gasteiger partial charge on any atom is 0.220 e. The number of hydrogen-bond acceptors (Lipinski definition) is 4. The fraction of sp³-hybridized carbons (Fsp3) is 0.208. The molecule has 0 atom stereocenters. The van der Waals surface area contributed by atoms with E-state index in [1.165, 1.54) is 12.3 Å². The van der Waals surface area contributed by atoms with Crippen molar-refractivity contribution in [2.45, 2.75) is 33.2 Å². The Balaban J connectivity index is 1.35. The predicted molar refractivity (Wildman–Crippen MR) is 115 cm³/mol. The van der Waals surface area contributed by atoms with Crippen LogP contribution in [0.3, 0.4) is 0 Å². The van der Waals surface area contributed by atoms with E-state index in [1.807, 2.05) is 48.9 Å². The highest BCUT2D eigenvalue weighted by Gasteiger charge is 2.15. The van der Waals surface area contributed by atoms with Gasteiger partial charge >= 0.3 is 0 Å². The van der Waals surface area contributed by atoms with Crippen LogP contribution in [-0.2, 0) is 17.8 Å². The Bertz CT molecular complexity index is 1200. The Morgan fingerprint density at radius 3 is 2.61 bits per heavy atom. The van der Waals surface area contributed by atoms with Crippen molar-refractivity contribution in [2.24, 2.45) is 0 Å². The van der Waals surface area contributed by atoms with Crippen molar-refractivity contribution >= 4 is 5.91 Å². The molecule has 0 aliphatic rings. The van der Waals surface area contributed by atoms with Crippen LogP contribution in [0.2, 0.25) is 0 Å². The summed E-state index contributed by atoms with van der Waals surface area (Å²) < 4.78 is 21.4. The highest BCUT2D eigenvalue weighted by atomic mass is 19.1. The smallest absolute Gasteiger partial charge is 0.220 e. The van der Waals surface area contributed by atoms with Gasteiger partial charge in [0.1, 0.15) is 5.82 Å². The number of para-hydroxylation sites is 1. The third-order valence-corrected chi connectivity index (χ3v) is 5.16. The van der Waals surface area contributed by atoms with E-state index in [4.69, 9.17) is 4.42 Å². The molecule has 0 unspecified atom stereocenters. The lowest BCUT2D eigenvalue weighted by molar-refractivity contribution is -0.121. The summed E-state index contributed by atoms with van der Waals surface area (Å²) in [5.41, 5.74) is 4.20. The first kappa shape index (κ1) is 20.5. The molecule has 158 valence electrons. The molecular weight excluding hydrogens is 395 g/mol. The van der Waals surface area contributed by atoms with Crippen LogP contribution < -0.4 is 5.32 Å². The molecule has 1 amide bonds. The molecule has 4 aromatic rings. The van der Waals surface area contributed by atoms with E-state index < -0.39 is 0 Å². The Hall–Kier alpha value is -3.74. The van der Waals surface area contributed by atoms with Crippen molar-refractivity contribution in [3.05, 3.63) is 89.5 Å². The van der Waals surface area contributed by atoms with Crippen molar-refractivity contribution in [1.29, 1.82) is 0 Å². The van der Waals surface area contributed by atoms with E-state index in [9.17, 15) is 9.18 Å². The molecule has 0 bridgehead atoms. The predicted octanol–water partition coefficient (Wildman–Crippen LogP) is 4.53. The number of aryl methyl sites for hydroxylation is 2. The number of halogens is 1. The monoisotopic (exact) mass is 418 g/mol. The van der Waals surface area contributed by atoms with Gasteiger partial charge in [-0.25, -0.2) is 14.1 Å². The number of hydrogen-bond donors (Lipinski definition) is 1. The summed E-state index contributed by atoms with van der Waals surface area (Å²) in [5, 5.41) is 7.54. The standard InChI is InChI=1S/C24H23FN4O2/c1-16-20(17(2)29(28-16)18-8-4-3-5-9-18)14-26-23(30)12-13-24-27-15-22(31-24)19-10-6-7-11-21(19)25/h3-11,15H,12-14H2,1-2H3,(H,26,30). The zero-order chi connectivity index (χ0) is 21.8. The summed E-state index contributed by atoms with van der Waals surface area (Å²) in [4.78, 5) is 16.5. The number of carbonyl (C=O) groups is 1. The summed E-state index contributed by atoms with van der Waals surface area (Å²) in [7, 11) is 0. The zero-order valence-electron chi connectivity index (χ0n) is 17.4. The van der Waals surface area contributed by atoms with Crippen LogP contribution in [0.15, 0.2) is 65.2 Å². The van der Waals surface area contributed by atoms with Gasteiger partial charge in [0.05, 0.1) is 23.1 Å². The van der Waals surface area contributed by atoms with Gasteiger partial charge in [-0.05, 0) is 38.1 Å². The lowest BCUT2D eigenvalue weighted by atomic mass is 10.2. The molecule has 0 radical (unpaired) electrons. The van der Waals surface area contributed by atoms with Gasteiger partial charge in [-0.15, -0.1) is 0 Å². The van der Waals surface area contributed by atoms with Crippen LogP contribution in [-0.4, -0.2) is 20.7 Å². The lowest BCUT2D eigenvalue weighted by Gasteiger charge is -2.07. The molecule has 1 N–H and O–H groups in total. The number of rotatable bonds is 7. The van der Waals surface area contributed by atoms with E-state index >= 15 is 0 Å². The molecule has 0 aliphatic heterocycles. The normalized spacial score (nSPS) is 10.9. The van der Waals surface area contributed by atoms with E-state index in [2.05, 4.69) is 15.4 Å². The third kappa shape index (κ3) is 4.55. The van der Waals surface area contributed by atoms with E-state index in [0.717, 1.165) is 22.6 Å². The van der Waals surface area contributed by atoms with Crippen molar-refractivity contribution in [3.63, 3.8) is 0 Å². The van der Waals surface area contributed by atoms with Crippen LogP contribution in [0.4, 0.5) is 4.39 Å². The Morgan fingerprint density at radius 2 is 1.84 bits per heavy atom. The first-order chi connectivity index (χ1) is 15.0. The van der Waals surface area contributed by atoms with Gasteiger partial charge in [0.2, 0.25) is 5.91 Å². The highest BCUT2D eigenvalue weighted by Crippen LogP contribution is 2.23. The second kappa shape index (κ2) is 8.95. The fourth-order valence-electron chi connectivity index (χ4n) is 3.46. The summed E-state index contributed by atoms with van der Waals surface area (Å²) in [6, 6.07) is 16.2. The third-order valence-electron chi connectivity index (χ3n) is 5.16. The number of oxazole rings is 1. The van der Waals surface area contributed by atoms with Crippen LogP contribution in [0.25, 0.3) is 17.0 Å². The quantitative estimate of drug-likeness (QED) is 0.479. The van der Waals surface area contributed by atoms with Gasteiger partial charge in [0, 0.05) is 30.6 Å². The number of nitrogens with zero attached hydrogens (tertiary/aromatic N) is 3. The number of benzene rings is 2. The molecule has 4 rings (SSSR count). The van der Waals surface area contributed by atoms with Crippen LogP contribution in [0.1, 0.15) is 29.3 Å². The minimum Gasteiger partial charge on any atom is -0.441 e.